The molecule has 0 unspecified atom stereocenters. The Morgan fingerprint density at radius 2 is 2.22 bits per heavy atom. The number of hydrogen-bond acceptors (Lipinski definition) is 3. The monoisotopic (exact) mass is 246 g/mol. The van der Waals surface area contributed by atoms with Gasteiger partial charge in [0.25, 0.3) is 0 Å². The first-order valence-electron chi connectivity index (χ1n) is 6.60. The number of aryl methyl sites for hydroxylation is 1. The lowest BCUT2D eigenvalue weighted by Crippen LogP contribution is -2.32. The van der Waals surface area contributed by atoms with E-state index in [1.807, 2.05) is 24.0 Å². The highest BCUT2D eigenvalue weighted by Crippen LogP contribution is 2.32. The zero-order valence-corrected chi connectivity index (χ0v) is 10.6. The number of pyridine rings is 1. The van der Waals surface area contributed by atoms with E-state index in [2.05, 4.69) is 4.98 Å². The van der Waals surface area contributed by atoms with Crippen LogP contribution < -0.4 is 4.74 Å². The minimum Gasteiger partial charge on any atom is -0.472 e. The Hall–Kier alpha value is -1.58. The van der Waals surface area contributed by atoms with E-state index in [0.29, 0.717) is 24.2 Å². The summed E-state index contributed by atoms with van der Waals surface area (Å²) in [4.78, 5) is 18.1. The van der Waals surface area contributed by atoms with E-state index in [0.717, 1.165) is 31.4 Å². The number of carbonyl (C=O) groups excluding carboxylic acids is 1. The molecule has 96 valence electrons. The smallest absolute Gasteiger partial charge is 0.225 e. The van der Waals surface area contributed by atoms with Crippen molar-refractivity contribution in [3.63, 3.8) is 0 Å². The molecule has 3 rings (SSSR count). The van der Waals surface area contributed by atoms with Crippen molar-refractivity contribution in [3.8, 4) is 5.88 Å². The maximum atomic E-state index is 11.9. The summed E-state index contributed by atoms with van der Waals surface area (Å²) in [5.74, 6) is 1.28. The van der Waals surface area contributed by atoms with E-state index in [4.69, 9.17) is 4.74 Å². The van der Waals surface area contributed by atoms with Gasteiger partial charge in [0, 0.05) is 31.1 Å². The van der Waals surface area contributed by atoms with Crippen LogP contribution in [0.15, 0.2) is 18.3 Å². The Kier molecular flexibility index (Phi) is 2.94. The van der Waals surface area contributed by atoms with E-state index >= 15 is 0 Å². The van der Waals surface area contributed by atoms with Gasteiger partial charge < -0.3 is 9.64 Å². The maximum Gasteiger partial charge on any atom is 0.225 e. The van der Waals surface area contributed by atoms with Gasteiger partial charge in [0.1, 0.15) is 6.10 Å². The molecule has 2 aliphatic rings. The molecule has 2 fully saturated rings. The van der Waals surface area contributed by atoms with Gasteiger partial charge in [0.15, 0.2) is 0 Å². The molecule has 0 spiro atoms. The summed E-state index contributed by atoms with van der Waals surface area (Å²) >= 11 is 0. The molecule has 1 saturated heterocycles. The quantitative estimate of drug-likeness (QED) is 0.816. The van der Waals surface area contributed by atoms with Crippen LogP contribution in [0, 0.1) is 12.8 Å². The molecule has 1 aliphatic carbocycles. The van der Waals surface area contributed by atoms with E-state index in [-0.39, 0.29) is 6.10 Å². The molecule has 0 aromatic carbocycles. The number of amides is 1. The molecule has 18 heavy (non-hydrogen) atoms. The second kappa shape index (κ2) is 4.59. The molecule has 0 bridgehead atoms. The average molecular weight is 246 g/mol. The van der Waals surface area contributed by atoms with Gasteiger partial charge in [0.05, 0.1) is 6.54 Å². The minimum atomic E-state index is 0.0999. The van der Waals surface area contributed by atoms with Crippen molar-refractivity contribution < 1.29 is 9.53 Å². The molecule has 1 aromatic heterocycles. The fourth-order valence-electron chi connectivity index (χ4n) is 2.31. The maximum absolute atomic E-state index is 11.9. The number of carbonyl (C=O) groups is 1. The van der Waals surface area contributed by atoms with Crippen LogP contribution in [0.4, 0.5) is 0 Å². The summed E-state index contributed by atoms with van der Waals surface area (Å²) in [6.45, 7) is 3.54. The van der Waals surface area contributed by atoms with Gasteiger partial charge in [-0.2, -0.15) is 0 Å². The van der Waals surface area contributed by atoms with Crippen molar-refractivity contribution >= 4 is 5.91 Å². The van der Waals surface area contributed by atoms with Crippen molar-refractivity contribution in [1.29, 1.82) is 0 Å². The second-order valence-electron chi connectivity index (χ2n) is 5.26. The third-order valence-electron chi connectivity index (χ3n) is 3.55. The molecule has 2 heterocycles. The Balaban J connectivity index is 1.55. The van der Waals surface area contributed by atoms with Crippen LogP contribution in [-0.2, 0) is 4.79 Å². The topological polar surface area (TPSA) is 42.4 Å². The van der Waals surface area contributed by atoms with Crippen molar-refractivity contribution in [2.45, 2.75) is 32.3 Å². The summed E-state index contributed by atoms with van der Waals surface area (Å²) in [5, 5.41) is 0. The van der Waals surface area contributed by atoms with Gasteiger partial charge in [-0.1, -0.05) is 6.07 Å². The molecule has 4 nitrogen and oxygen atoms in total. The lowest BCUT2D eigenvalue weighted by Gasteiger charge is -2.16. The Morgan fingerprint density at radius 3 is 2.89 bits per heavy atom. The number of nitrogens with zero attached hydrogens (tertiary/aromatic N) is 2. The second-order valence-corrected chi connectivity index (χ2v) is 5.26. The van der Waals surface area contributed by atoms with Gasteiger partial charge in [-0.05, 0) is 25.3 Å². The summed E-state index contributed by atoms with van der Waals surface area (Å²) < 4.78 is 5.81. The number of hydrogen-bond donors (Lipinski definition) is 0. The summed E-state index contributed by atoms with van der Waals surface area (Å²) in [7, 11) is 0. The normalized spacial score (nSPS) is 23.2. The predicted octanol–water partition coefficient (Wildman–Crippen LogP) is 1.78. The number of rotatable bonds is 3. The third-order valence-corrected chi connectivity index (χ3v) is 3.55. The summed E-state index contributed by atoms with van der Waals surface area (Å²) in [6.07, 6.45) is 4.95. The van der Waals surface area contributed by atoms with Crippen LogP contribution in [0.25, 0.3) is 0 Å². The van der Waals surface area contributed by atoms with Gasteiger partial charge in [-0.3, -0.25) is 4.79 Å². The summed E-state index contributed by atoms with van der Waals surface area (Å²) in [5.41, 5.74) is 1.12. The third kappa shape index (κ3) is 2.47. The van der Waals surface area contributed by atoms with Crippen molar-refractivity contribution in [2.24, 2.45) is 5.92 Å². The van der Waals surface area contributed by atoms with Gasteiger partial charge >= 0.3 is 0 Å². The van der Waals surface area contributed by atoms with Crippen molar-refractivity contribution in [3.05, 3.63) is 23.9 Å². The molecule has 1 saturated carbocycles. The fraction of sp³-hybridized carbons (Fsp3) is 0.571. The van der Waals surface area contributed by atoms with E-state index in [9.17, 15) is 4.79 Å². The molecular weight excluding hydrogens is 228 g/mol. The van der Waals surface area contributed by atoms with Crippen LogP contribution in [0.1, 0.15) is 24.8 Å². The fourth-order valence-corrected chi connectivity index (χ4v) is 2.31. The molecular formula is C14H18N2O2. The highest BCUT2D eigenvalue weighted by molar-refractivity contribution is 5.81. The zero-order chi connectivity index (χ0) is 12.5. The molecule has 1 aliphatic heterocycles. The first-order chi connectivity index (χ1) is 8.72. The van der Waals surface area contributed by atoms with Crippen LogP contribution in [0.3, 0.4) is 0 Å². The zero-order valence-electron chi connectivity index (χ0n) is 10.6. The van der Waals surface area contributed by atoms with Gasteiger partial charge in [-0.25, -0.2) is 4.98 Å². The lowest BCUT2D eigenvalue weighted by atomic mass is 10.3. The van der Waals surface area contributed by atoms with E-state index in [1.165, 1.54) is 0 Å². The lowest BCUT2D eigenvalue weighted by molar-refractivity contribution is -0.131. The van der Waals surface area contributed by atoms with Gasteiger partial charge in [-0.15, -0.1) is 0 Å². The van der Waals surface area contributed by atoms with Crippen LogP contribution in [0.2, 0.25) is 0 Å². The Bertz CT molecular complexity index is 440. The SMILES string of the molecule is Cc1ccc(O[C@@H]2CCN(C(=O)C3CC3)C2)nc1. The molecule has 1 amide bonds. The first kappa shape index (κ1) is 11.5. The van der Waals surface area contributed by atoms with E-state index < -0.39 is 0 Å². The average Bonchev–Trinajstić information content (AvgIpc) is 3.12. The molecule has 1 aromatic rings. The first-order valence-corrected chi connectivity index (χ1v) is 6.60. The number of aromatic nitrogens is 1. The summed E-state index contributed by atoms with van der Waals surface area (Å²) in [6, 6.07) is 3.88. The Morgan fingerprint density at radius 1 is 1.39 bits per heavy atom. The molecule has 0 N–H and O–H groups in total. The minimum absolute atomic E-state index is 0.0999. The van der Waals surface area contributed by atoms with Gasteiger partial charge in [0.2, 0.25) is 11.8 Å². The van der Waals surface area contributed by atoms with Crippen LogP contribution in [-0.4, -0.2) is 35.0 Å². The number of ether oxygens (including phenoxy) is 1. The van der Waals surface area contributed by atoms with Crippen molar-refractivity contribution in [2.75, 3.05) is 13.1 Å². The predicted molar refractivity (Wildman–Crippen MR) is 67.3 cm³/mol. The van der Waals surface area contributed by atoms with Crippen LogP contribution >= 0.6 is 0 Å². The molecule has 4 heteroatoms. The number of likely N-dealkylation sites (tertiary alicyclic amines) is 1. The van der Waals surface area contributed by atoms with E-state index in [1.54, 1.807) is 6.20 Å². The Labute approximate surface area is 107 Å². The largest absolute Gasteiger partial charge is 0.472 e. The highest BCUT2D eigenvalue weighted by Gasteiger charge is 2.37. The molecule has 1 atom stereocenters. The highest BCUT2D eigenvalue weighted by atomic mass is 16.5. The molecule has 0 radical (unpaired) electrons. The van der Waals surface area contributed by atoms with Crippen molar-refractivity contribution in [1.82, 2.24) is 9.88 Å². The standard InChI is InChI=1S/C14H18N2O2/c1-10-2-5-13(15-8-10)18-12-6-7-16(9-12)14(17)11-3-4-11/h2,5,8,11-12H,3-4,6-7,9H2,1H3/t12-/m1/s1. The van der Waals surface area contributed by atoms with Crippen LogP contribution in [0.5, 0.6) is 5.88 Å².